The quantitative estimate of drug-likeness (QED) is 0.0565. The van der Waals surface area contributed by atoms with E-state index in [2.05, 4.69) is 164 Å². The second kappa shape index (κ2) is 29.7. The first-order chi connectivity index (χ1) is 36.4. The van der Waals surface area contributed by atoms with Gasteiger partial charge in [-0.25, -0.2) is 13.9 Å². The zero-order chi connectivity index (χ0) is 54.2. The van der Waals surface area contributed by atoms with Gasteiger partial charge in [-0.2, -0.15) is 0 Å². The summed E-state index contributed by atoms with van der Waals surface area (Å²) in [7, 11) is 3.56. The standard InChI is InChI=1S/C32H36N3O2.C28H30N2O3.C4H7N.2ClH/c1-7-20-33(6)32(36)26-15-13-12-14-25(26)31-27-18-16-23(34(8-2)9-3)21-29(27)37-30-22-24(17-19-28(30)31)35(10-4)11-5;1-5-29(6-2)19-13-15-23-25(17-19)33-26-18-20(30(7-3)8-4)14-16-24(26)27(23)21-11-9-10-12-22(21)28(31)32;1-3-4-5-2;;/h1,12-19,21-22H,8-11,20H2,2-6H3;9-18H,5-8H2,1-4H3;1,5H,4H2,2H3;2*1H/q+1;;;;. The normalized spacial score (nSPS) is 10.4. The van der Waals surface area contributed by atoms with Crippen LogP contribution in [0.25, 0.3) is 66.8 Å². The largest absolute Gasteiger partial charge is 1.00 e. The van der Waals surface area contributed by atoms with Gasteiger partial charge >= 0.3 is 5.97 Å². The van der Waals surface area contributed by atoms with Crippen LogP contribution in [0, 0.1) is 24.7 Å². The Labute approximate surface area is 468 Å². The minimum atomic E-state index is -0.938. The molecular weight excluding hydrogens is 1000 g/mol. The van der Waals surface area contributed by atoms with Crippen LogP contribution >= 0.6 is 12.4 Å². The van der Waals surface area contributed by atoms with E-state index in [1.165, 1.54) is 0 Å². The van der Waals surface area contributed by atoms with Gasteiger partial charge in [0.15, 0.2) is 0 Å². The molecule has 0 fully saturated rings. The van der Waals surface area contributed by atoms with Crippen LogP contribution in [0.5, 0.6) is 0 Å². The van der Waals surface area contributed by atoms with Crippen molar-refractivity contribution in [3.63, 3.8) is 0 Å². The van der Waals surface area contributed by atoms with Crippen molar-refractivity contribution >= 4 is 57.6 Å². The van der Waals surface area contributed by atoms with Crippen molar-refractivity contribution in [1.82, 2.24) is 19.4 Å². The van der Waals surface area contributed by atoms with Gasteiger partial charge in [-0.1, -0.05) is 48.2 Å². The summed E-state index contributed by atoms with van der Waals surface area (Å²) in [5, 5.41) is 16.8. The molecule has 2 aliphatic heterocycles. The zero-order valence-corrected chi connectivity index (χ0v) is 47.9. The number of carboxylic acids is 1. The SMILES string of the molecule is C#CCN(C)C(=O)c1ccccc1-c1c2ccc(=[N+](CC)CC)cc-2oc2cc(N(CC)CC)ccc12.C#CCNC.CCN(CC)c1ccc2c(-c3ccccc3C(=O)O)c3ccc(=[N+](CC)CC)cc-3oc2c1.Cl.[Cl-]. The van der Waals surface area contributed by atoms with Crippen LogP contribution in [0.4, 0.5) is 11.4 Å². The van der Waals surface area contributed by atoms with Crippen molar-refractivity contribution in [3.8, 4) is 69.6 Å². The maximum atomic E-state index is 13.4. The van der Waals surface area contributed by atoms with Crippen LogP contribution < -0.4 is 47.4 Å². The highest BCUT2D eigenvalue weighted by molar-refractivity contribution is 6.10. The number of carboxylic acid groups (broad SMARTS) is 1. The maximum Gasteiger partial charge on any atom is 0.336 e. The van der Waals surface area contributed by atoms with Crippen molar-refractivity contribution in [2.24, 2.45) is 0 Å². The molecule has 404 valence electrons. The number of aromatic carboxylic acids is 1. The fraction of sp³-hybridized carbons (Fsp3) is 0.312. The van der Waals surface area contributed by atoms with Crippen LogP contribution in [-0.2, 0) is 0 Å². The number of terminal acetylenes is 2. The second-order valence-electron chi connectivity index (χ2n) is 17.9. The topological polar surface area (TPSA) is 108 Å². The van der Waals surface area contributed by atoms with Gasteiger partial charge in [-0.05, 0) is 122 Å². The summed E-state index contributed by atoms with van der Waals surface area (Å²) < 4.78 is 17.6. The summed E-state index contributed by atoms with van der Waals surface area (Å²) in [5.74, 6) is 5.48. The number of carbonyl (C=O) groups excluding carboxylic acids is 1. The number of nitrogens with zero attached hydrogens (tertiary/aromatic N) is 5. The highest BCUT2D eigenvalue weighted by Gasteiger charge is 2.25. The lowest BCUT2D eigenvalue weighted by Gasteiger charge is -2.23. The van der Waals surface area contributed by atoms with Crippen molar-refractivity contribution in [3.05, 3.63) is 143 Å². The van der Waals surface area contributed by atoms with Gasteiger partial charge in [-0.3, -0.25) is 4.79 Å². The van der Waals surface area contributed by atoms with E-state index < -0.39 is 5.97 Å². The molecule has 1 amide bonds. The van der Waals surface area contributed by atoms with E-state index in [1.54, 1.807) is 24.1 Å². The minimum Gasteiger partial charge on any atom is -1.00 e. The van der Waals surface area contributed by atoms with Gasteiger partial charge in [0.05, 0.1) is 30.8 Å². The fourth-order valence-electron chi connectivity index (χ4n) is 9.75. The van der Waals surface area contributed by atoms with E-state index in [1.807, 2.05) is 43.4 Å². The first-order valence-electron chi connectivity index (χ1n) is 26.3. The predicted molar refractivity (Wildman–Crippen MR) is 319 cm³/mol. The van der Waals surface area contributed by atoms with Crippen LogP contribution in [0.15, 0.2) is 130 Å². The minimum absolute atomic E-state index is 0. The van der Waals surface area contributed by atoms with Crippen LogP contribution in [0.1, 0.15) is 76.1 Å². The van der Waals surface area contributed by atoms with E-state index in [-0.39, 0.29) is 42.8 Å². The highest BCUT2D eigenvalue weighted by atomic mass is 35.5. The Bertz CT molecular complexity index is 3440. The number of anilines is 2. The molecule has 8 rings (SSSR count). The lowest BCUT2D eigenvalue weighted by atomic mass is 9.90. The Morgan fingerprint density at radius 3 is 1.35 bits per heavy atom. The number of hydrogen-bond acceptors (Lipinski definition) is 7. The van der Waals surface area contributed by atoms with E-state index in [4.69, 9.17) is 21.7 Å². The highest BCUT2D eigenvalue weighted by Crippen LogP contribution is 2.44. The average Bonchev–Trinajstić information content (AvgIpc) is 3.47. The molecule has 4 aromatic rings. The Kier molecular flexibility index (Phi) is 23.9. The van der Waals surface area contributed by atoms with E-state index >= 15 is 0 Å². The van der Waals surface area contributed by atoms with Crippen LogP contribution in [0.3, 0.4) is 0 Å². The number of halogens is 2. The van der Waals surface area contributed by atoms with Gasteiger partial charge in [0, 0.05) is 107 Å². The van der Waals surface area contributed by atoms with E-state index in [0.29, 0.717) is 17.7 Å². The number of fused-ring (bicyclic) bond motifs is 4. The van der Waals surface area contributed by atoms with Gasteiger partial charge in [0.1, 0.15) is 48.9 Å². The zero-order valence-electron chi connectivity index (χ0n) is 46.4. The van der Waals surface area contributed by atoms with Crippen molar-refractivity contribution in [1.29, 1.82) is 0 Å². The van der Waals surface area contributed by atoms with Crippen molar-refractivity contribution in [2.75, 3.05) is 89.3 Å². The molecule has 0 atom stereocenters. The Balaban J connectivity index is 0.000000300. The molecule has 2 N–H and O–H groups in total. The molecule has 0 radical (unpaired) electrons. The molecule has 2 heterocycles. The lowest BCUT2D eigenvalue weighted by molar-refractivity contribution is -0.0000402. The number of carbonyl (C=O) groups is 2. The molecule has 4 aromatic carbocycles. The molecule has 11 nitrogen and oxygen atoms in total. The number of nitrogens with one attached hydrogen (secondary N) is 1. The Morgan fingerprint density at radius 2 is 0.987 bits per heavy atom. The molecule has 2 aliphatic carbocycles. The first-order valence-corrected chi connectivity index (χ1v) is 26.3. The molecule has 77 heavy (non-hydrogen) atoms. The summed E-state index contributed by atoms with van der Waals surface area (Å²) in [6.45, 7) is 25.3. The molecule has 0 spiro atoms. The molecule has 0 saturated carbocycles. The average molecular weight is 1080 g/mol. The molecule has 0 saturated heterocycles. The molecule has 0 bridgehead atoms. The van der Waals surface area contributed by atoms with Gasteiger partial charge in [-0.15, -0.1) is 25.3 Å². The van der Waals surface area contributed by atoms with Crippen molar-refractivity contribution < 1.29 is 35.9 Å². The van der Waals surface area contributed by atoms with E-state index in [0.717, 1.165) is 136 Å². The van der Waals surface area contributed by atoms with Gasteiger partial charge in [0.25, 0.3) is 5.91 Å². The summed E-state index contributed by atoms with van der Waals surface area (Å²) in [4.78, 5) is 31.7. The Hall–Kier alpha value is -7.54. The smallest absolute Gasteiger partial charge is 0.336 e. The second-order valence-corrected chi connectivity index (χ2v) is 17.9. The third-order valence-corrected chi connectivity index (χ3v) is 13.7. The van der Waals surface area contributed by atoms with Crippen LogP contribution in [-0.4, -0.2) is 101 Å². The number of benzene rings is 6. The summed E-state index contributed by atoms with van der Waals surface area (Å²) in [6.07, 6.45) is 10.3. The third kappa shape index (κ3) is 13.9. The van der Waals surface area contributed by atoms with Crippen LogP contribution in [0.2, 0.25) is 0 Å². The molecule has 13 heteroatoms. The number of amides is 1. The Morgan fingerprint density at radius 1 is 0.571 bits per heavy atom. The monoisotopic (exact) mass is 1080 g/mol. The van der Waals surface area contributed by atoms with E-state index in [9.17, 15) is 14.7 Å². The third-order valence-electron chi connectivity index (χ3n) is 13.7. The molecule has 4 aliphatic rings. The number of rotatable bonds is 16. The summed E-state index contributed by atoms with van der Waals surface area (Å²) in [6, 6.07) is 40.1. The lowest BCUT2D eigenvalue weighted by Crippen LogP contribution is -3.00. The molecule has 0 aromatic heterocycles. The maximum absolute atomic E-state index is 13.4. The fourth-order valence-corrected chi connectivity index (χ4v) is 9.75. The molecular formula is C64H75Cl2N6O5+. The van der Waals surface area contributed by atoms with Gasteiger partial charge < -0.3 is 46.4 Å². The first kappa shape index (κ1) is 62.0. The summed E-state index contributed by atoms with van der Waals surface area (Å²) >= 11 is 0. The number of hydrogen-bond donors (Lipinski definition) is 2. The predicted octanol–water partition coefficient (Wildman–Crippen LogP) is 8.39. The molecule has 0 unspecified atom stereocenters. The van der Waals surface area contributed by atoms with Gasteiger partial charge in [0.2, 0.25) is 10.7 Å². The van der Waals surface area contributed by atoms with Crippen molar-refractivity contribution in [2.45, 2.75) is 55.4 Å². The summed E-state index contributed by atoms with van der Waals surface area (Å²) in [5.41, 5.74) is 9.98.